The molecule has 0 fully saturated rings. The highest BCUT2D eigenvalue weighted by Gasteiger charge is 2.20. The lowest BCUT2D eigenvalue weighted by Gasteiger charge is -2.28. The van der Waals surface area contributed by atoms with E-state index in [4.69, 9.17) is 5.11 Å². The molecule has 0 bridgehead atoms. The van der Waals surface area contributed by atoms with Crippen LogP contribution in [0.2, 0.25) is 0 Å². The Morgan fingerprint density at radius 3 is 2.78 bits per heavy atom. The first kappa shape index (κ1) is 16.1. The second-order valence-electron chi connectivity index (χ2n) is 5.10. The van der Waals surface area contributed by atoms with Crippen molar-refractivity contribution >= 4 is 39.3 Å². The number of para-hydroxylation sites is 1. The highest BCUT2D eigenvalue weighted by atomic mass is 79.9. The van der Waals surface area contributed by atoms with Gasteiger partial charge in [0, 0.05) is 26.0 Å². The van der Waals surface area contributed by atoms with Crippen molar-refractivity contribution in [1.82, 2.24) is 0 Å². The van der Waals surface area contributed by atoms with Crippen molar-refractivity contribution in [3.05, 3.63) is 69.4 Å². The van der Waals surface area contributed by atoms with Crippen LogP contribution in [-0.2, 0) is 11.3 Å². The molecule has 0 amide bonds. The zero-order chi connectivity index (χ0) is 16.4. The fourth-order valence-electron chi connectivity index (χ4n) is 2.39. The van der Waals surface area contributed by atoms with Gasteiger partial charge in [0.05, 0.1) is 18.7 Å². The summed E-state index contributed by atoms with van der Waals surface area (Å²) in [6.45, 7) is 0.347. The predicted octanol–water partition coefficient (Wildman–Crippen LogP) is 5.02. The van der Waals surface area contributed by atoms with E-state index in [1.807, 2.05) is 29.2 Å². The minimum absolute atomic E-state index is 0.0433. The van der Waals surface area contributed by atoms with Crippen molar-refractivity contribution < 1.29 is 14.3 Å². The molecule has 0 saturated carbocycles. The number of carboxylic acids is 1. The first-order valence-electron chi connectivity index (χ1n) is 6.93. The molecule has 2 aromatic carbocycles. The van der Waals surface area contributed by atoms with Crippen molar-refractivity contribution in [1.29, 1.82) is 0 Å². The van der Waals surface area contributed by atoms with Gasteiger partial charge in [0.1, 0.15) is 5.82 Å². The number of hydrogen-bond donors (Lipinski definition) is 1. The van der Waals surface area contributed by atoms with E-state index < -0.39 is 5.97 Å². The van der Waals surface area contributed by atoms with Gasteiger partial charge in [-0.25, -0.2) is 4.39 Å². The SMILES string of the molecule is O=C(O)CC1=CN(Cc2ccc(Br)cc2F)c2ccccc2S1. The third-order valence-corrected chi connectivity index (χ3v) is 4.97. The summed E-state index contributed by atoms with van der Waals surface area (Å²) in [7, 11) is 0. The van der Waals surface area contributed by atoms with Gasteiger partial charge in [0.15, 0.2) is 0 Å². The van der Waals surface area contributed by atoms with Crippen LogP contribution in [0.1, 0.15) is 12.0 Å². The van der Waals surface area contributed by atoms with Crippen molar-refractivity contribution in [2.24, 2.45) is 0 Å². The summed E-state index contributed by atoms with van der Waals surface area (Å²) in [6.07, 6.45) is 1.75. The number of thioether (sulfide) groups is 1. The van der Waals surface area contributed by atoms with Gasteiger partial charge in [-0.05, 0) is 24.3 Å². The molecule has 3 rings (SSSR count). The number of carbonyl (C=O) groups is 1. The third-order valence-electron chi connectivity index (χ3n) is 3.40. The van der Waals surface area contributed by atoms with Crippen LogP contribution in [0, 0.1) is 5.82 Å². The molecule has 0 saturated heterocycles. The molecular formula is C17H13BrFNO2S. The van der Waals surface area contributed by atoms with Crippen LogP contribution in [0.4, 0.5) is 10.1 Å². The maximum Gasteiger partial charge on any atom is 0.308 e. The van der Waals surface area contributed by atoms with E-state index >= 15 is 0 Å². The molecule has 0 radical (unpaired) electrons. The molecule has 0 atom stereocenters. The summed E-state index contributed by atoms with van der Waals surface area (Å²) in [5.41, 5.74) is 1.51. The van der Waals surface area contributed by atoms with E-state index in [9.17, 15) is 9.18 Å². The van der Waals surface area contributed by atoms with Gasteiger partial charge in [0.2, 0.25) is 0 Å². The maximum absolute atomic E-state index is 14.1. The largest absolute Gasteiger partial charge is 0.481 e. The van der Waals surface area contributed by atoms with Crippen LogP contribution in [0.25, 0.3) is 0 Å². The number of hydrogen-bond acceptors (Lipinski definition) is 3. The summed E-state index contributed by atoms with van der Waals surface area (Å²) in [5, 5.41) is 9.03. The lowest BCUT2D eigenvalue weighted by atomic mass is 10.2. The van der Waals surface area contributed by atoms with Gasteiger partial charge in [-0.3, -0.25) is 4.79 Å². The van der Waals surface area contributed by atoms with Crippen LogP contribution in [0.5, 0.6) is 0 Å². The highest BCUT2D eigenvalue weighted by molar-refractivity contribution is 9.10. The molecule has 3 nitrogen and oxygen atoms in total. The number of fused-ring (bicyclic) bond motifs is 1. The second-order valence-corrected chi connectivity index (χ2v) is 7.18. The highest BCUT2D eigenvalue weighted by Crippen LogP contribution is 2.41. The Labute approximate surface area is 145 Å². The Morgan fingerprint density at radius 2 is 2.04 bits per heavy atom. The zero-order valence-corrected chi connectivity index (χ0v) is 14.4. The molecule has 0 aromatic heterocycles. The Morgan fingerprint density at radius 1 is 1.26 bits per heavy atom. The summed E-state index contributed by atoms with van der Waals surface area (Å²) in [6, 6.07) is 12.7. The zero-order valence-electron chi connectivity index (χ0n) is 12.0. The van der Waals surface area contributed by atoms with E-state index in [0.717, 1.165) is 15.5 Å². The fraction of sp³-hybridized carbons (Fsp3) is 0.118. The lowest BCUT2D eigenvalue weighted by Crippen LogP contribution is -2.20. The first-order valence-corrected chi connectivity index (χ1v) is 8.54. The van der Waals surface area contributed by atoms with Crippen LogP contribution >= 0.6 is 27.7 Å². The first-order chi connectivity index (χ1) is 11.0. The van der Waals surface area contributed by atoms with Crippen molar-refractivity contribution in [2.45, 2.75) is 17.9 Å². The minimum atomic E-state index is -0.877. The van der Waals surface area contributed by atoms with Crippen LogP contribution in [0.15, 0.2) is 62.9 Å². The van der Waals surface area contributed by atoms with Gasteiger partial charge in [-0.1, -0.05) is 45.9 Å². The van der Waals surface area contributed by atoms with E-state index in [0.29, 0.717) is 16.6 Å². The maximum atomic E-state index is 14.1. The van der Waals surface area contributed by atoms with Crippen LogP contribution in [0.3, 0.4) is 0 Å². The molecule has 118 valence electrons. The van der Waals surface area contributed by atoms with E-state index in [1.54, 1.807) is 18.3 Å². The van der Waals surface area contributed by atoms with E-state index in [-0.39, 0.29) is 12.2 Å². The fourth-order valence-corrected chi connectivity index (χ4v) is 3.81. The van der Waals surface area contributed by atoms with Gasteiger partial charge in [-0.15, -0.1) is 0 Å². The summed E-state index contributed by atoms with van der Waals surface area (Å²) in [5.74, 6) is -1.17. The number of carboxylic acid groups (broad SMARTS) is 1. The Bertz CT molecular complexity index is 794. The van der Waals surface area contributed by atoms with Crippen LogP contribution in [-0.4, -0.2) is 11.1 Å². The predicted molar refractivity (Wildman–Crippen MR) is 92.9 cm³/mol. The summed E-state index contributed by atoms with van der Waals surface area (Å²) in [4.78, 5) is 14.6. The average Bonchev–Trinajstić information content (AvgIpc) is 2.49. The number of nitrogens with zero attached hydrogens (tertiary/aromatic N) is 1. The molecular weight excluding hydrogens is 381 g/mol. The Hall–Kier alpha value is -1.79. The quantitative estimate of drug-likeness (QED) is 0.791. The van der Waals surface area contributed by atoms with E-state index in [2.05, 4.69) is 15.9 Å². The molecule has 6 heteroatoms. The number of rotatable bonds is 4. The molecule has 0 unspecified atom stereocenters. The molecule has 1 aliphatic rings. The van der Waals surface area contributed by atoms with E-state index in [1.165, 1.54) is 17.8 Å². The molecule has 1 heterocycles. The average molecular weight is 394 g/mol. The molecule has 1 aliphatic heterocycles. The number of benzene rings is 2. The monoisotopic (exact) mass is 393 g/mol. The van der Waals surface area contributed by atoms with Crippen molar-refractivity contribution in [3.8, 4) is 0 Å². The molecule has 1 N–H and O–H groups in total. The van der Waals surface area contributed by atoms with Gasteiger partial charge >= 0.3 is 5.97 Å². The topological polar surface area (TPSA) is 40.5 Å². The molecule has 0 spiro atoms. The molecule has 0 aliphatic carbocycles. The van der Waals surface area contributed by atoms with Gasteiger partial charge in [0.25, 0.3) is 0 Å². The standard InChI is InChI=1S/C17H13BrFNO2S/c18-12-6-5-11(14(19)7-12)9-20-10-13(8-17(21)22)23-16-4-2-1-3-15(16)20/h1-7,10H,8-9H2,(H,21,22). The second kappa shape index (κ2) is 6.76. The van der Waals surface area contributed by atoms with Crippen molar-refractivity contribution in [3.63, 3.8) is 0 Å². The normalized spacial score (nSPS) is 13.5. The molecule has 2 aromatic rings. The number of anilines is 1. The smallest absolute Gasteiger partial charge is 0.308 e. The van der Waals surface area contributed by atoms with Gasteiger partial charge in [-0.2, -0.15) is 0 Å². The number of halogens is 2. The number of aliphatic carboxylic acids is 1. The summed E-state index contributed by atoms with van der Waals surface area (Å²) < 4.78 is 14.8. The lowest BCUT2D eigenvalue weighted by molar-refractivity contribution is -0.136. The minimum Gasteiger partial charge on any atom is -0.481 e. The summed E-state index contributed by atoms with van der Waals surface area (Å²) >= 11 is 4.69. The Kier molecular flexibility index (Phi) is 4.73. The van der Waals surface area contributed by atoms with Crippen molar-refractivity contribution in [2.75, 3.05) is 4.90 Å². The van der Waals surface area contributed by atoms with Crippen LogP contribution < -0.4 is 4.90 Å². The Balaban J connectivity index is 1.94. The van der Waals surface area contributed by atoms with Gasteiger partial charge < -0.3 is 10.0 Å². The molecule has 23 heavy (non-hydrogen) atoms. The third kappa shape index (κ3) is 3.76.